The molecule has 1 rings (SSSR count). The predicted octanol–water partition coefficient (Wildman–Crippen LogP) is 2.52. The van der Waals surface area contributed by atoms with E-state index in [2.05, 4.69) is 32.9 Å². The van der Waals surface area contributed by atoms with Crippen molar-refractivity contribution in [3.8, 4) is 0 Å². The smallest absolute Gasteiger partial charge is 0.241 e. The highest BCUT2D eigenvalue weighted by Crippen LogP contribution is 2.27. The second kappa shape index (κ2) is 5.51. The monoisotopic (exact) mass is 356 g/mol. The van der Waals surface area contributed by atoms with Crippen molar-refractivity contribution >= 4 is 60.4 Å². The van der Waals surface area contributed by atoms with Crippen LogP contribution in [0.3, 0.4) is 0 Å². The normalized spacial score (nSPS) is 13.1. The van der Waals surface area contributed by atoms with Crippen LogP contribution < -0.4 is 10.5 Å². The van der Waals surface area contributed by atoms with Gasteiger partial charge in [0.15, 0.2) is 0 Å². The third-order valence-corrected chi connectivity index (χ3v) is 5.17. The van der Waals surface area contributed by atoms with Crippen molar-refractivity contribution in [1.29, 1.82) is 0 Å². The number of thiocarbonyl (C=S) groups is 1. The number of nitrogens with one attached hydrogen (secondary N) is 1. The lowest BCUT2D eigenvalue weighted by molar-refractivity contribution is 0.598. The molecule has 8 heteroatoms. The van der Waals surface area contributed by atoms with Gasteiger partial charge in [-0.1, -0.05) is 23.8 Å². The van der Waals surface area contributed by atoms with E-state index in [0.29, 0.717) is 15.2 Å². The number of benzene rings is 1. The molecule has 0 fully saturated rings. The maximum absolute atomic E-state index is 11.9. The number of anilines is 1. The largest absolute Gasteiger partial charge is 0.392 e. The van der Waals surface area contributed by atoms with Gasteiger partial charge in [0.2, 0.25) is 10.0 Å². The minimum atomic E-state index is -3.66. The van der Waals surface area contributed by atoms with Gasteiger partial charge in [0.25, 0.3) is 0 Å². The Labute approximate surface area is 119 Å². The summed E-state index contributed by atoms with van der Waals surface area (Å²) in [6.07, 6.45) is 0. The molecule has 1 unspecified atom stereocenters. The molecule has 1 aromatic rings. The Morgan fingerprint density at radius 3 is 2.71 bits per heavy atom. The van der Waals surface area contributed by atoms with Gasteiger partial charge >= 0.3 is 0 Å². The Hall–Kier alpha value is -0.370. The molecular formula is C9H10BrClN2O2S2. The van der Waals surface area contributed by atoms with Crippen molar-refractivity contribution in [3.63, 3.8) is 0 Å². The van der Waals surface area contributed by atoms with Gasteiger partial charge in [-0.05, 0) is 41.1 Å². The maximum Gasteiger partial charge on any atom is 0.241 e. The van der Waals surface area contributed by atoms with Gasteiger partial charge in [0.05, 0.1) is 10.7 Å². The number of hydrogen-bond donors (Lipinski definition) is 2. The fraction of sp³-hybridized carbons (Fsp3) is 0.222. The molecule has 1 aromatic carbocycles. The molecule has 0 aliphatic rings. The van der Waals surface area contributed by atoms with Crippen molar-refractivity contribution in [2.75, 3.05) is 4.72 Å². The summed E-state index contributed by atoms with van der Waals surface area (Å²) in [4.78, 5) is -0.0874. The van der Waals surface area contributed by atoms with E-state index in [1.165, 1.54) is 13.0 Å². The van der Waals surface area contributed by atoms with Gasteiger partial charge in [-0.25, -0.2) is 8.42 Å². The third kappa shape index (κ3) is 3.80. The molecule has 0 aromatic heterocycles. The van der Waals surface area contributed by atoms with Crippen LogP contribution in [0.15, 0.2) is 22.7 Å². The molecule has 0 amide bonds. The molecule has 17 heavy (non-hydrogen) atoms. The zero-order valence-electron chi connectivity index (χ0n) is 8.78. The first-order valence-corrected chi connectivity index (χ1v) is 7.62. The highest BCUT2D eigenvalue weighted by molar-refractivity contribution is 9.10. The predicted molar refractivity (Wildman–Crippen MR) is 77.9 cm³/mol. The second-order valence-electron chi connectivity index (χ2n) is 3.32. The van der Waals surface area contributed by atoms with Crippen molar-refractivity contribution < 1.29 is 8.42 Å². The molecule has 0 aliphatic carbocycles. The average Bonchev–Trinajstić information content (AvgIpc) is 2.21. The molecule has 0 bridgehead atoms. The second-order valence-corrected chi connectivity index (χ2v) is 7.08. The molecule has 0 saturated carbocycles. The minimum absolute atomic E-state index is 0.0874. The lowest BCUT2D eigenvalue weighted by atomic mass is 10.3. The lowest BCUT2D eigenvalue weighted by Crippen LogP contribution is -2.35. The van der Waals surface area contributed by atoms with Crippen molar-refractivity contribution in [2.45, 2.75) is 12.2 Å². The van der Waals surface area contributed by atoms with Crippen LogP contribution in [-0.2, 0) is 10.0 Å². The zero-order valence-corrected chi connectivity index (χ0v) is 12.8. The molecule has 0 radical (unpaired) electrons. The first-order chi connectivity index (χ1) is 7.74. The first kappa shape index (κ1) is 14.7. The van der Waals surface area contributed by atoms with Gasteiger partial charge in [0, 0.05) is 9.50 Å². The molecule has 0 saturated heterocycles. The zero-order chi connectivity index (χ0) is 13.2. The third-order valence-electron chi connectivity index (χ3n) is 2.05. The van der Waals surface area contributed by atoms with E-state index in [9.17, 15) is 8.42 Å². The molecule has 3 N–H and O–H groups in total. The Balaban J connectivity index is 3.06. The van der Waals surface area contributed by atoms with E-state index in [1.807, 2.05) is 0 Å². The van der Waals surface area contributed by atoms with E-state index < -0.39 is 15.3 Å². The van der Waals surface area contributed by atoms with Gasteiger partial charge in [-0.2, -0.15) is 0 Å². The quantitative estimate of drug-likeness (QED) is 0.812. The number of rotatable bonds is 4. The van der Waals surface area contributed by atoms with Crippen LogP contribution >= 0.6 is 39.7 Å². The van der Waals surface area contributed by atoms with E-state index >= 15 is 0 Å². The fourth-order valence-corrected chi connectivity index (χ4v) is 2.96. The summed E-state index contributed by atoms with van der Waals surface area (Å²) in [5.41, 5.74) is 5.67. The van der Waals surface area contributed by atoms with Crippen LogP contribution in [-0.4, -0.2) is 18.7 Å². The topological polar surface area (TPSA) is 72.2 Å². The fourth-order valence-electron chi connectivity index (χ4n) is 0.970. The summed E-state index contributed by atoms with van der Waals surface area (Å²) < 4.78 is 26.7. The van der Waals surface area contributed by atoms with E-state index in [-0.39, 0.29) is 4.99 Å². The van der Waals surface area contributed by atoms with Crippen molar-refractivity contribution in [1.82, 2.24) is 0 Å². The maximum atomic E-state index is 11.9. The molecule has 0 aliphatic heterocycles. The average molecular weight is 358 g/mol. The molecule has 0 heterocycles. The van der Waals surface area contributed by atoms with Crippen LogP contribution in [0.25, 0.3) is 0 Å². The Morgan fingerprint density at radius 1 is 1.59 bits per heavy atom. The number of hydrogen-bond acceptors (Lipinski definition) is 3. The van der Waals surface area contributed by atoms with Gasteiger partial charge in [0.1, 0.15) is 5.25 Å². The standard InChI is InChI=1S/C9H10BrClN2O2S2/c1-5(9(12)16)17(14,15)13-8-4-6(11)2-3-7(8)10/h2-5,13H,1H3,(H2,12,16). The SMILES string of the molecule is CC(C(N)=S)S(=O)(=O)Nc1cc(Cl)ccc1Br. The van der Waals surface area contributed by atoms with Gasteiger partial charge < -0.3 is 5.73 Å². The molecular weight excluding hydrogens is 348 g/mol. The number of sulfonamides is 1. The van der Waals surface area contributed by atoms with Crippen molar-refractivity contribution in [3.05, 3.63) is 27.7 Å². The van der Waals surface area contributed by atoms with Crippen LogP contribution in [0.5, 0.6) is 0 Å². The summed E-state index contributed by atoms with van der Waals surface area (Å²) in [7, 11) is -3.66. The summed E-state index contributed by atoms with van der Waals surface area (Å²) in [6.45, 7) is 1.42. The molecule has 94 valence electrons. The summed E-state index contributed by atoms with van der Waals surface area (Å²) in [5.74, 6) is 0. The van der Waals surface area contributed by atoms with Crippen LogP contribution in [0, 0.1) is 0 Å². The summed E-state index contributed by atoms with van der Waals surface area (Å²) >= 11 is 13.7. The summed E-state index contributed by atoms with van der Waals surface area (Å²) in [5, 5.41) is -0.530. The lowest BCUT2D eigenvalue weighted by Gasteiger charge is -2.14. The minimum Gasteiger partial charge on any atom is -0.392 e. The number of nitrogens with two attached hydrogens (primary N) is 1. The van der Waals surface area contributed by atoms with Crippen LogP contribution in [0.1, 0.15) is 6.92 Å². The molecule has 1 atom stereocenters. The Morgan fingerprint density at radius 2 is 2.18 bits per heavy atom. The van der Waals surface area contributed by atoms with Crippen LogP contribution in [0.4, 0.5) is 5.69 Å². The summed E-state index contributed by atoms with van der Waals surface area (Å²) in [6, 6.07) is 4.78. The van der Waals surface area contributed by atoms with E-state index in [1.54, 1.807) is 12.1 Å². The van der Waals surface area contributed by atoms with E-state index in [4.69, 9.17) is 17.3 Å². The van der Waals surface area contributed by atoms with E-state index in [0.717, 1.165) is 0 Å². The molecule has 0 spiro atoms. The first-order valence-electron chi connectivity index (χ1n) is 4.50. The Bertz CT molecular complexity index is 548. The molecule has 4 nitrogen and oxygen atoms in total. The van der Waals surface area contributed by atoms with Gasteiger partial charge in [-0.3, -0.25) is 4.72 Å². The highest BCUT2D eigenvalue weighted by Gasteiger charge is 2.23. The Kier molecular flexibility index (Phi) is 4.77. The highest BCUT2D eigenvalue weighted by atomic mass is 79.9. The van der Waals surface area contributed by atoms with Crippen molar-refractivity contribution in [2.24, 2.45) is 5.73 Å². The van der Waals surface area contributed by atoms with Crippen LogP contribution in [0.2, 0.25) is 5.02 Å². The van der Waals surface area contributed by atoms with Gasteiger partial charge in [-0.15, -0.1) is 0 Å². The number of halogens is 2.